The quantitative estimate of drug-likeness (QED) is 0.823. The average molecular weight is 233 g/mol. The fraction of sp³-hybridized carbons (Fsp3) is 0.538. The van der Waals surface area contributed by atoms with Gasteiger partial charge in [0.25, 0.3) is 0 Å². The second-order valence-electron chi connectivity index (χ2n) is 4.61. The van der Waals surface area contributed by atoms with Crippen molar-refractivity contribution in [2.75, 3.05) is 13.1 Å². The van der Waals surface area contributed by atoms with E-state index in [0.29, 0.717) is 12.3 Å². The van der Waals surface area contributed by atoms with Gasteiger partial charge in [0, 0.05) is 12.6 Å². The van der Waals surface area contributed by atoms with Crippen LogP contribution in [0, 0.1) is 5.92 Å². The molecule has 0 radical (unpaired) electrons. The second kappa shape index (κ2) is 5.77. The lowest BCUT2D eigenvalue weighted by molar-refractivity contribution is -0.122. The van der Waals surface area contributed by atoms with E-state index in [1.807, 2.05) is 25.1 Å². The lowest BCUT2D eigenvalue weighted by Crippen LogP contribution is -2.29. The third-order valence-corrected chi connectivity index (χ3v) is 3.15. The molecule has 17 heavy (non-hydrogen) atoms. The molecule has 1 aromatic rings. The lowest BCUT2D eigenvalue weighted by Gasteiger charge is -2.15. The van der Waals surface area contributed by atoms with E-state index < -0.39 is 0 Å². The molecule has 0 spiro atoms. The SMILES string of the molecule is CC(NC(=O)CC1CCNC1)c1ccccn1. The minimum absolute atomic E-state index is 0.0157. The zero-order valence-corrected chi connectivity index (χ0v) is 10.1. The van der Waals surface area contributed by atoms with Crippen molar-refractivity contribution in [1.29, 1.82) is 0 Å². The van der Waals surface area contributed by atoms with Crippen LogP contribution in [-0.2, 0) is 4.79 Å². The van der Waals surface area contributed by atoms with Crippen LogP contribution >= 0.6 is 0 Å². The summed E-state index contributed by atoms with van der Waals surface area (Å²) >= 11 is 0. The Morgan fingerprint density at radius 2 is 2.53 bits per heavy atom. The van der Waals surface area contributed by atoms with Crippen LogP contribution in [0.15, 0.2) is 24.4 Å². The van der Waals surface area contributed by atoms with E-state index in [1.165, 1.54) is 0 Å². The Morgan fingerprint density at radius 3 is 3.18 bits per heavy atom. The van der Waals surface area contributed by atoms with Crippen LogP contribution in [0.3, 0.4) is 0 Å². The zero-order chi connectivity index (χ0) is 12.1. The Balaban J connectivity index is 1.81. The molecule has 2 unspecified atom stereocenters. The van der Waals surface area contributed by atoms with Gasteiger partial charge in [-0.15, -0.1) is 0 Å². The Hall–Kier alpha value is -1.42. The summed E-state index contributed by atoms with van der Waals surface area (Å²) in [7, 11) is 0. The number of amides is 1. The smallest absolute Gasteiger partial charge is 0.220 e. The molecule has 0 aliphatic carbocycles. The van der Waals surface area contributed by atoms with E-state index in [4.69, 9.17) is 0 Å². The molecule has 4 nitrogen and oxygen atoms in total. The number of rotatable bonds is 4. The maximum atomic E-state index is 11.8. The van der Waals surface area contributed by atoms with Crippen LogP contribution < -0.4 is 10.6 Å². The maximum absolute atomic E-state index is 11.8. The highest BCUT2D eigenvalue weighted by Crippen LogP contribution is 2.14. The number of carbonyl (C=O) groups excluding carboxylic acids is 1. The van der Waals surface area contributed by atoms with E-state index in [9.17, 15) is 4.79 Å². The lowest BCUT2D eigenvalue weighted by atomic mass is 10.0. The second-order valence-corrected chi connectivity index (χ2v) is 4.61. The number of aromatic nitrogens is 1. The predicted molar refractivity (Wildman–Crippen MR) is 66.4 cm³/mol. The van der Waals surface area contributed by atoms with Crippen LogP contribution in [0.25, 0.3) is 0 Å². The molecule has 0 bridgehead atoms. The molecular weight excluding hydrogens is 214 g/mol. The first-order chi connectivity index (χ1) is 8.25. The van der Waals surface area contributed by atoms with Gasteiger partial charge < -0.3 is 10.6 Å². The molecule has 1 saturated heterocycles. The van der Waals surface area contributed by atoms with Crippen LogP contribution in [0.5, 0.6) is 0 Å². The maximum Gasteiger partial charge on any atom is 0.220 e. The van der Waals surface area contributed by atoms with Crippen molar-refractivity contribution in [3.63, 3.8) is 0 Å². The van der Waals surface area contributed by atoms with Gasteiger partial charge in [-0.2, -0.15) is 0 Å². The van der Waals surface area contributed by atoms with Crippen molar-refractivity contribution in [2.45, 2.75) is 25.8 Å². The van der Waals surface area contributed by atoms with Gasteiger partial charge in [-0.3, -0.25) is 9.78 Å². The number of carbonyl (C=O) groups is 1. The number of nitrogens with one attached hydrogen (secondary N) is 2. The van der Waals surface area contributed by atoms with Gasteiger partial charge in [0.05, 0.1) is 11.7 Å². The summed E-state index contributed by atoms with van der Waals surface area (Å²) < 4.78 is 0. The van der Waals surface area contributed by atoms with Crippen molar-refractivity contribution in [2.24, 2.45) is 5.92 Å². The molecule has 2 N–H and O–H groups in total. The first-order valence-corrected chi connectivity index (χ1v) is 6.16. The molecule has 4 heteroatoms. The molecule has 1 aliphatic heterocycles. The third kappa shape index (κ3) is 3.53. The molecule has 1 aliphatic rings. The Morgan fingerprint density at radius 1 is 1.65 bits per heavy atom. The number of hydrogen-bond donors (Lipinski definition) is 2. The highest BCUT2D eigenvalue weighted by Gasteiger charge is 2.19. The van der Waals surface area contributed by atoms with Gasteiger partial charge in [-0.05, 0) is 44.5 Å². The molecule has 1 fully saturated rings. The summed E-state index contributed by atoms with van der Waals surface area (Å²) in [6, 6.07) is 5.73. The average Bonchev–Trinajstić information content (AvgIpc) is 2.82. The standard InChI is InChI=1S/C13H19N3O/c1-10(12-4-2-3-6-15-12)16-13(17)8-11-5-7-14-9-11/h2-4,6,10-11,14H,5,7-9H2,1H3,(H,16,17). The molecule has 1 aromatic heterocycles. The monoisotopic (exact) mass is 233 g/mol. The van der Waals surface area contributed by atoms with Crippen molar-refractivity contribution in [3.8, 4) is 0 Å². The summed E-state index contributed by atoms with van der Waals surface area (Å²) in [5.74, 6) is 0.614. The van der Waals surface area contributed by atoms with Gasteiger partial charge in [0.1, 0.15) is 0 Å². The molecule has 0 saturated carbocycles. The van der Waals surface area contributed by atoms with E-state index in [-0.39, 0.29) is 11.9 Å². The minimum atomic E-state index is -0.0157. The minimum Gasteiger partial charge on any atom is -0.348 e. The van der Waals surface area contributed by atoms with Crippen molar-refractivity contribution >= 4 is 5.91 Å². The van der Waals surface area contributed by atoms with Gasteiger partial charge in [0.15, 0.2) is 0 Å². The van der Waals surface area contributed by atoms with E-state index in [2.05, 4.69) is 15.6 Å². The molecule has 2 atom stereocenters. The summed E-state index contributed by atoms with van der Waals surface area (Å²) in [5, 5.41) is 6.26. The van der Waals surface area contributed by atoms with Gasteiger partial charge in [-0.1, -0.05) is 6.07 Å². The van der Waals surface area contributed by atoms with Crippen LogP contribution in [0.4, 0.5) is 0 Å². The molecule has 0 aromatic carbocycles. The molecule has 2 rings (SSSR count). The van der Waals surface area contributed by atoms with Crippen molar-refractivity contribution in [1.82, 2.24) is 15.6 Å². The summed E-state index contributed by atoms with van der Waals surface area (Å²) in [6.07, 6.45) is 3.47. The van der Waals surface area contributed by atoms with E-state index in [1.54, 1.807) is 6.20 Å². The predicted octanol–water partition coefficient (Wildman–Crippen LogP) is 1.26. The summed E-state index contributed by atoms with van der Waals surface area (Å²) in [5.41, 5.74) is 0.908. The van der Waals surface area contributed by atoms with Crippen molar-refractivity contribution < 1.29 is 4.79 Å². The van der Waals surface area contributed by atoms with Crippen LogP contribution in [0.1, 0.15) is 31.5 Å². The highest BCUT2D eigenvalue weighted by atomic mass is 16.1. The fourth-order valence-corrected chi connectivity index (χ4v) is 2.16. The van der Waals surface area contributed by atoms with Gasteiger partial charge in [-0.25, -0.2) is 0 Å². The fourth-order valence-electron chi connectivity index (χ4n) is 2.16. The number of nitrogens with zero attached hydrogens (tertiary/aromatic N) is 1. The Labute approximate surface area is 102 Å². The first kappa shape index (κ1) is 12.0. The Bertz CT molecular complexity index is 360. The van der Waals surface area contributed by atoms with E-state index >= 15 is 0 Å². The summed E-state index contributed by atoms with van der Waals surface area (Å²) in [4.78, 5) is 16.1. The van der Waals surface area contributed by atoms with Gasteiger partial charge in [0.2, 0.25) is 5.91 Å². The van der Waals surface area contributed by atoms with Crippen molar-refractivity contribution in [3.05, 3.63) is 30.1 Å². The van der Waals surface area contributed by atoms with Gasteiger partial charge >= 0.3 is 0 Å². The molecular formula is C13H19N3O. The van der Waals surface area contributed by atoms with E-state index in [0.717, 1.165) is 25.2 Å². The highest BCUT2D eigenvalue weighted by molar-refractivity contribution is 5.76. The molecule has 1 amide bonds. The topological polar surface area (TPSA) is 54.0 Å². The zero-order valence-electron chi connectivity index (χ0n) is 10.1. The third-order valence-electron chi connectivity index (χ3n) is 3.15. The first-order valence-electron chi connectivity index (χ1n) is 6.16. The normalized spacial score (nSPS) is 21.1. The van der Waals surface area contributed by atoms with Crippen LogP contribution in [-0.4, -0.2) is 24.0 Å². The molecule has 92 valence electrons. The summed E-state index contributed by atoms with van der Waals surface area (Å²) in [6.45, 7) is 3.96. The number of pyridine rings is 1. The Kier molecular flexibility index (Phi) is 4.09. The molecule has 2 heterocycles. The largest absolute Gasteiger partial charge is 0.348 e. The van der Waals surface area contributed by atoms with Crippen LogP contribution in [0.2, 0.25) is 0 Å². The number of hydrogen-bond acceptors (Lipinski definition) is 3.